The van der Waals surface area contributed by atoms with Gasteiger partial charge in [-0.3, -0.25) is 4.99 Å². The fraction of sp³-hybridized carbons (Fsp3) is 0.467. The molecule has 33 heavy (non-hydrogen) atoms. The molecule has 2 aromatic carbocycles. The molecule has 0 aliphatic heterocycles. The number of hydrogen-bond donors (Lipinski definition) is 0. The van der Waals surface area contributed by atoms with E-state index in [2.05, 4.69) is 62.4 Å². The number of unbranched alkanes of at least 4 members (excludes halogenated alkanes) is 9. The molecular weight excluding hydrogens is 447 g/mol. The fourth-order valence-electron chi connectivity index (χ4n) is 3.70. The van der Waals surface area contributed by atoms with Gasteiger partial charge in [0.25, 0.3) is 0 Å². The second-order valence-electron chi connectivity index (χ2n) is 8.50. The average molecular weight is 489 g/mol. The van der Waals surface area contributed by atoms with Gasteiger partial charge in [-0.1, -0.05) is 108 Å². The predicted octanol–water partition coefficient (Wildman–Crippen LogP) is 9.81. The summed E-state index contributed by atoms with van der Waals surface area (Å²) in [5.41, 5.74) is 4.09. The monoisotopic (exact) mass is 488 g/mol. The quantitative estimate of drug-likeness (QED) is 0.127. The van der Waals surface area contributed by atoms with Gasteiger partial charge in [0.2, 0.25) is 0 Å². The number of para-hydroxylation sites is 2. The largest absolute Gasteiger partial charge is 0.251 e. The van der Waals surface area contributed by atoms with Crippen LogP contribution in [0.15, 0.2) is 82.8 Å². The van der Waals surface area contributed by atoms with E-state index in [1.165, 1.54) is 57.8 Å². The standard InChI is InChI=1S/C30H42N2.Ni/c1-3-5-7-9-10-11-12-20-26-30(32-28-23-17-14-18-24-28)29(25-19-8-6-4-2)31-27-21-15-13-16-22-27;/h13-18,20-24,26H,3-12,19,25H2,1-2H3;/b26-20+,31-29?,32-30?;. The Labute approximate surface area is 212 Å². The molecule has 0 N–H and O–H groups in total. The van der Waals surface area contributed by atoms with Crippen LogP contribution >= 0.6 is 0 Å². The van der Waals surface area contributed by atoms with Crippen LogP contribution in [0.4, 0.5) is 11.4 Å². The van der Waals surface area contributed by atoms with Gasteiger partial charge in [-0.15, -0.1) is 0 Å². The smallest absolute Gasteiger partial charge is 0.0848 e. The summed E-state index contributed by atoms with van der Waals surface area (Å²) in [4.78, 5) is 10.0. The van der Waals surface area contributed by atoms with Crippen LogP contribution in [0.5, 0.6) is 0 Å². The summed E-state index contributed by atoms with van der Waals surface area (Å²) in [5.74, 6) is 0. The first-order valence-corrected chi connectivity index (χ1v) is 12.8. The van der Waals surface area contributed by atoms with Crippen molar-refractivity contribution in [2.45, 2.75) is 90.9 Å². The first kappa shape index (κ1) is 29.0. The van der Waals surface area contributed by atoms with Crippen LogP contribution in [0.25, 0.3) is 0 Å². The van der Waals surface area contributed by atoms with Crippen molar-refractivity contribution in [2.75, 3.05) is 0 Å². The number of allylic oxidation sites excluding steroid dienone is 2. The molecule has 0 fully saturated rings. The van der Waals surface area contributed by atoms with E-state index in [1.54, 1.807) is 0 Å². The molecule has 182 valence electrons. The molecule has 0 radical (unpaired) electrons. The van der Waals surface area contributed by atoms with Gasteiger partial charge in [-0.05, 0) is 56.0 Å². The number of benzene rings is 2. The molecule has 0 aromatic heterocycles. The minimum absolute atomic E-state index is 0. The van der Waals surface area contributed by atoms with Crippen molar-refractivity contribution < 1.29 is 16.5 Å². The summed E-state index contributed by atoms with van der Waals surface area (Å²) in [5, 5.41) is 0. The third-order valence-corrected chi connectivity index (χ3v) is 5.59. The summed E-state index contributed by atoms with van der Waals surface area (Å²) in [6, 6.07) is 20.6. The first-order valence-electron chi connectivity index (χ1n) is 12.8. The van der Waals surface area contributed by atoms with E-state index in [-0.39, 0.29) is 16.5 Å². The Bertz CT molecular complexity index is 810. The van der Waals surface area contributed by atoms with Gasteiger partial charge in [-0.2, -0.15) is 0 Å². The molecular formula is C30H42N2Ni. The molecule has 0 unspecified atom stereocenters. The van der Waals surface area contributed by atoms with Crippen LogP contribution in [-0.2, 0) is 16.5 Å². The van der Waals surface area contributed by atoms with E-state index in [4.69, 9.17) is 9.98 Å². The Morgan fingerprint density at radius 2 is 1.15 bits per heavy atom. The maximum Gasteiger partial charge on any atom is 0.0848 e. The van der Waals surface area contributed by atoms with Gasteiger partial charge < -0.3 is 0 Å². The van der Waals surface area contributed by atoms with Crippen LogP contribution in [0.3, 0.4) is 0 Å². The van der Waals surface area contributed by atoms with E-state index in [9.17, 15) is 0 Å². The van der Waals surface area contributed by atoms with E-state index < -0.39 is 0 Å². The van der Waals surface area contributed by atoms with Crippen molar-refractivity contribution in [3.8, 4) is 0 Å². The van der Waals surface area contributed by atoms with Gasteiger partial charge in [0.15, 0.2) is 0 Å². The molecule has 0 saturated carbocycles. The van der Waals surface area contributed by atoms with Gasteiger partial charge in [-0.25, -0.2) is 4.99 Å². The van der Waals surface area contributed by atoms with Crippen LogP contribution in [0.2, 0.25) is 0 Å². The first-order chi connectivity index (χ1) is 15.8. The minimum Gasteiger partial charge on any atom is -0.251 e. The summed E-state index contributed by atoms with van der Waals surface area (Å²) in [6.07, 6.45) is 19.4. The van der Waals surface area contributed by atoms with Gasteiger partial charge in [0.1, 0.15) is 0 Å². The third-order valence-electron chi connectivity index (χ3n) is 5.59. The Balaban J connectivity index is 0.00000544. The number of hydrogen-bond acceptors (Lipinski definition) is 2. The topological polar surface area (TPSA) is 24.7 Å². The van der Waals surface area contributed by atoms with Gasteiger partial charge >= 0.3 is 0 Å². The van der Waals surface area contributed by atoms with Gasteiger partial charge in [0, 0.05) is 16.5 Å². The summed E-state index contributed by atoms with van der Waals surface area (Å²) >= 11 is 0. The number of rotatable bonds is 16. The van der Waals surface area contributed by atoms with Crippen LogP contribution in [0.1, 0.15) is 90.9 Å². The molecule has 0 aliphatic rings. The Kier molecular flexibility index (Phi) is 17.1. The maximum absolute atomic E-state index is 5.04. The zero-order valence-electron chi connectivity index (χ0n) is 20.6. The molecule has 3 heteroatoms. The second-order valence-corrected chi connectivity index (χ2v) is 8.50. The normalized spacial score (nSPS) is 12.2. The summed E-state index contributed by atoms with van der Waals surface area (Å²) < 4.78 is 0. The Morgan fingerprint density at radius 3 is 1.76 bits per heavy atom. The van der Waals surface area contributed by atoms with E-state index in [0.29, 0.717) is 0 Å². The Hall–Kier alpha value is -1.99. The van der Waals surface area contributed by atoms with Crippen molar-refractivity contribution in [3.05, 3.63) is 72.8 Å². The molecule has 2 nitrogen and oxygen atoms in total. The maximum atomic E-state index is 5.04. The van der Waals surface area contributed by atoms with Crippen molar-refractivity contribution in [1.29, 1.82) is 0 Å². The average Bonchev–Trinajstić information content (AvgIpc) is 2.83. The third kappa shape index (κ3) is 13.3. The Morgan fingerprint density at radius 1 is 0.636 bits per heavy atom. The molecule has 0 spiro atoms. The van der Waals surface area contributed by atoms with Crippen molar-refractivity contribution in [2.24, 2.45) is 9.98 Å². The second kappa shape index (κ2) is 19.5. The molecule has 0 amide bonds. The summed E-state index contributed by atoms with van der Waals surface area (Å²) in [7, 11) is 0. The van der Waals surface area contributed by atoms with Crippen LogP contribution in [-0.4, -0.2) is 11.4 Å². The molecule has 0 aliphatic carbocycles. The molecule has 0 atom stereocenters. The SMILES string of the molecule is CCCCCCCC/C=C/C(=Nc1ccccc1)C(CCCCCC)=Nc1ccccc1.[Ni]. The van der Waals surface area contributed by atoms with Gasteiger partial charge in [0.05, 0.1) is 22.8 Å². The zero-order chi connectivity index (χ0) is 22.7. The van der Waals surface area contributed by atoms with Crippen molar-refractivity contribution in [3.63, 3.8) is 0 Å². The van der Waals surface area contributed by atoms with Crippen LogP contribution in [0, 0.1) is 0 Å². The van der Waals surface area contributed by atoms with Crippen molar-refractivity contribution in [1.82, 2.24) is 0 Å². The molecule has 0 bridgehead atoms. The summed E-state index contributed by atoms with van der Waals surface area (Å²) in [6.45, 7) is 4.53. The molecule has 2 aromatic rings. The minimum atomic E-state index is 0. The molecule has 0 heterocycles. The number of nitrogens with zero attached hydrogens (tertiary/aromatic N) is 2. The van der Waals surface area contributed by atoms with Crippen molar-refractivity contribution >= 4 is 22.8 Å². The predicted molar refractivity (Wildman–Crippen MR) is 143 cm³/mol. The number of aliphatic imine (C=N–C) groups is 2. The zero-order valence-corrected chi connectivity index (χ0v) is 21.6. The van der Waals surface area contributed by atoms with E-state index in [0.717, 1.165) is 42.1 Å². The van der Waals surface area contributed by atoms with E-state index in [1.807, 2.05) is 24.3 Å². The molecule has 0 saturated heterocycles. The fourth-order valence-corrected chi connectivity index (χ4v) is 3.70. The molecule has 2 rings (SSSR count). The van der Waals surface area contributed by atoms with Crippen LogP contribution < -0.4 is 0 Å². The van der Waals surface area contributed by atoms with E-state index >= 15 is 0 Å².